The minimum absolute atomic E-state index is 0.612. The molecule has 0 amide bonds. The summed E-state index contributed by atoms with van der Waals surface area (Å²) in [6.07, 6.45) is 2.56. The third-order valence-electron chi connectivity index (χ3n) is 3.57. The van der Waals surface area contributed by atoms with Crippen LogP contribution >= 0.6 is 0 Å². The number of hydrogen-bond acceptors (Lipinski definition) is 1. The summed E-state index contributed by atoms with van der Waals surface area (Å²) in [5.41, 5.74) is 4.62. The lowest BCUT2D eigenvalue weighted by Gasteiger charge is -2.36. The zero-order valence-electron chi connectivity index (χ0n) is 13.0. The topological polar surface area (TPSA) is 3.24 Å². The van der Waals surface area contributed by atoms with Gasteiger partial charge in [0.2, 0.25) is 0 Å². The second-order valence-electron chi connectivity index (χ2n) is 5.39. The molecule has 18 heavy (non-hydrogen) atoms. The predicted molar refractivity (Wildman–Crippen MR) is 82.7 cm³/mol. The Morgan fingerprint density at radius 1 is 1.06 bits per heavy atom. The molecule has 1 heteroatoms. The minimum atomic E-state index is 0.612. The van der Waals surface area contributed by atoms with Gasteiger partial charge in [0, 0.05) is 18.3 Å². The van der Waals surface area contributed by atoms with Gasteiger partial charge in [-0.3, -0.25) is 0 Å². The molecule has 0 unspecified atom stereocenters. The molecule has 0 aliphatic carbocycles. The highest BCUT2D eigenvalue weighted by Crippen LogP contribution is 2.34. The first-order chi connectivity index (χ1) is 8.61. The third kappa shape index (κ3) is 3.07. The van der Waals surface area contributed by atoms with E-state index >= 15 is 0 Å². The first kappa shape index (κ1) is 15.1. The van der Waals surface area contributed by atoms with E-state index in [-0.39, 0.29) is 0 Å². The Morgan fingerprint density at radius 2 is 1.72 bits per heavy atom. The van der Waals surface area contributed by atoms with Crippen molar-refractivity contribution in [2.75, 3.05) is 11.4 Å². The number of benzene rings is 1. The molecule has 0 N–H and O–H groups in total. The van der Waals surface area contributed by atoms with E-state index in [1.54, 1.807) is 11.1 Å². The lowest BCUT2D eigenvalue weighted by atomic mass is 9.90. The van der Waals surface area contributed by atoms with Crippen LogP contribution in [0.2, 0.25) is 0 Å². The largest absolute Gasteiger partial charge is 0.369 e. The van der Waals surface area contributed by atoms with Crippen LogP contribution in [0, 0.1) is 0 Å². The zero-order chi connectivity index (χ0) is 13.7. The zero-order valence-corrected chi connectivity index (χ0v) is 13.0. The van der Waals surface area contributed by atoms with E-state index in [9.17, 15) is 0 Å². The van der Waals surface area contributed by atoms with Crippen molar-refractivity contribution in [3.05, 3.63) is 29.3 Å². The fraction of sp³-hybridized carbons (Fsp3) is 0.647. The summed E-state index contributed by atoms with van der Waals surface area (Å²) in [7, 11) is 0. The average Bonchev–Trinajstić information content (AvgIpc) is 2.39. The molecular weight excluding hydrogens is 218 g/mol. The highest BCUT2D eigenvalue weighted by atomic mass is 15.2. The van der Waals surface area contributed by atoms with E-state index in [2.05, 4.69) is 50.8 Å². The number of fused-ring (bicyclic) bond motifs is 1. The lowest BCUT2D eigenvalue weighted by molar-refractivity contribution is 0.620. The van der Waals surface area contributed by atoms with Gasteiger partial charge in [0.15, 0.2) is 0 Å². The van der Waals surface area contributed by atoms with Crippen LogP contribution in [0.15, 0.2) is 18.2 Å². The highest BCUT2D eigenvalue weighted by molar-refractivity contribution is 5.59. The van der Waals surface area contributed by atoms with Crippen molar-refractivity contribution < 1.29 is 0 Å². The van der Waals surface area contributed by atoms with E-state index in [0.29, 0.717) is 12.0 Å². The van der Waals surface area contributed by atoms with E-state index in [1.807, 2.05) is 13.8 Å². The van der Waals surface area contributed by atoms with Crippen LogP contribution in [0.5, 0.6) is 0 Å². The number of anilines is 1. The second kappa shape index (κ2) is 6.82. The molecule has 0 fully saturated rings. The summed E-state index contributed by atoms with van der Waals surface area (Å²) in [5.74, 6) is 0.641. The smallest absolute Gasteiger partial charge is 0.0403 e. The maximum atomic E-state index is 2.55. The van der Waals surface area contributed by atoms with Gasteiger partial charge in [0.1, 0.15) is 0 Å². The molecule has 2 rings (SSSR count). The Balaban J connectivity index is 0.000000771. The number of nitrogens with zero attached hydrogens (tertiary/aromatic N) is 1. The van der Waals surface area contributed by atoms with Crippen molar-refractivity contribution in [3.63, 3.8) is 0 Å². The molecule has 1 aromatic carbocycles. The van der Waals surface area contributed by atoms with Crippen molar-refractivity contribution in [3.8, 4) is 0 Å². The molecule has 0 saturated heterocycles. The van der Waals surface area contributed by atoms with Crippen molar-refractivity contribution in [2.24, 2.45) is 0 Å². The lowest BCUT2D eigenvalue weighted by Crippen LogP contribution is -2.35. The van der Waals surface area contributed by atoms with Gasteiger partial charge >= 0.3 is 0 Å². The first-order valence-electron chi connectivity index (χ1n) is 7.49. The average molecular weight is 247 g/mol. The van der Waals surface area contributed by atoms with Gasteiger partial charge in [-0.1, -0.05) is 39.8 Å². The standard InChI is InChI=1S/C15H23N.C2H6/c1-11(2)13-7-5-9-15-14(13)8-6-10-16(15)12(3)4;1-2/h5,7,9,11-12H,6,8,10H2,1-4H3;1-2H3. The molecule has 0 bridgehead atoms. The van der Waals surface area contributed by atoms with Crippen molar-refractivity contribution >= 4 is 5.69 Å². The molecular formula is C17H29N. The van der Waals surface area contributed by atoms with Crippen LogP contribution < -0.4 is 4.90 Å². The monoisotopic (exact) mass is 247 g/mol. The fourth-order valence-electron chi connectivity index (χ4n) is 2.76. The van der Waals surface area contributed by atoms with Crippen LogP contribution in [-0.2, 0) is 6.42 Å². The predicted octanol–water partition coefficient (Wildman–Crippen LogP) is 5.00. The van der Waals surface area contributed by atoms with Gasteiger partial charge in [-0.25, -0.2) is 0 Å². The van der Waals surface area contributed by atoms with Gasteiger partial charge in [0.05, 0.1) is 0 Å². The van der Waals surface area contributed by atoms with Crippen molar-refractivity contribution in [1.29, 1.82) is 0 Å². The molecule has 0 spiro atoms. The van der Waals surface area contributed by atoms with Crippen LogP contribution in [0.1, 0.15) is 65.0 Å². The Hall–Kier alpha value is -0.980. The summed E-state index contributed by atoms with van der Waals surface area (Å²) in [4.78, 5) is 2.55. The van der Waals surface area contributed by atoms with Gasteiger partial charge in [-0.15, -0.1) is 0 Å². The first-order valence-corrected chi connectivity index (χ1v) is 7.49. The number of hydrogen-bond donors (Lipinski definition) is 0. The Morgan fingerprint density at radius 3 is 2.28 bits per heavy atom. The third-order valence-corrected chi connectivity index (χ3v) is 3.57. The Bertz CT molecular complexity index is 366. The van der Waals surface area contributed by atoms with E-state index in [0.717, 1.165) is 0 Å². The van der Waals surface area contributed by atoms with Gasteiger partial charge in [-0.05, 0) is 49.8 Å². The van der Waals surface area contributed by atoms with Gasteiger partial charge < -0.3 is 4.90 Å². The quantitative estimate of drug-likeness (QED) is 0.711. The highest BCUT2D eigenvalue weighted by Gasteiger charge is 2.21. The summed E-state index contributed by atoms with van der Waals surface area (Å²) >= 11 is 0. The van der Waals surface area contributed by atoms with Crippen molar-refractivity contribution in [1.82, 2.24) is 0 Å². The molecule has 0 atom stereocenters. The molecule has 0 saturated carbocycles. The maximum Gasteiger partial charge on any atom is 0.0403 e. The van der Waals surface area contributed by atoms with E-state index in [1.165, 1.54) is 25.1 Å². The molecule has 0 aromatic heterocycles. The van der Waals surface area contributed by atoms with E-state index in [4.69, 9.17) is 0 Å². The minimum Gasteiger partial charge on any atom is -0.369 e. The van der Waals surface area contributed by atoms with E-state index < -0.39 is 0 Å². The second-order valence-corrected chi connectivity index (χ2v) is 5.39. The number of rotatable bonds is 2. The van der Waals surface area contributed by atoms with Gasteiger partial charge in [0.25, 0.3) is 0 Å². The summed E-state index contributed by atoms with van der Waals surface area (Å²) in [6, 6.07) is 7.42. The fourth-order valence-corrected chi connectivity index (χ4v) is 2.76. The Labute approximate surface area is 113 Å². The molecule has 1 heterocycles. The van der Waals surface area contributed by atoms with Crippen LogP contribution in [0.3, 0.4) is 0 Å². The molecule has 1 nitrogen and oxygen atoms in total. The SMILES string of the molecule is CC.CC(C)c1cccc2c1CCCN2C(C)C. The summed E-state index contributed by atoms with van der Waals surface area (Å²) < 4.78 is 0. The molecule has 1 aliphatic rings. The molecule has 102 valence electrons. The molecule has 1 aromatic rings. The molecule has 1 aliphatic heterocycles. The van der Waals surface area contributed by atoms with Gasteiger partial charge in [-0.2, -0.15) is 0 Å². The molecule has 0 radical (unpaired) electrons. The van der Waals surface area contributed by atoms with Crippen molar-refractivity contribution in [2.45, 2.75) is 66.3 Å². The maximum absolute atomic E-state index is 2.55. The summed E-state index contributed by atoms with van der Waals surface area (Å²) in [6.45, 7) is 14.4. The van der Waals surface area contributed by atoms with Crippen LogP contribution in [0.4, 0.5) is 5.69 Å². The van der Waals surface area contributed by atoms with Crippen LogP contribution in [0.25, 0.3) is 0 Å². The Kier molecular flexibility index (Phi) is 5.71. The van der Waals surface area contributed by atoms with Crippen LogP contribution in [-0.4, -0.2) is 12.6 Å². The normalized spacial score (nSPS) is 14.3. The summed E-state index contributed by atoms with van der Waals surface area (Å²) in [5, 5.41) is 0.